The number of halogens is 1. The van der Waals surface area contributed by atoms with Crippen molar-refractivity contribution in [2.75, 3.05) is 0 Å². The van der Waals surface area contributed by atoms with Crippen molar-refractivity contribution >= 4 is 44.6 Å². The third kappa shape index (κ3) is 3.17. The van der Waals surface area contributed by atoms with Crippen LogP contribution in [-0.4, -0.2) is 26.1 Å². The van der Waals surface area contributed by atoms with Gasteiger partial charge in [-0.1, -0.05) is 30.9 Å². The van der Waals surface area contributed by atoms with Gasteiger partial charge in [-0.3, -0.25) is 14.0 Å². The topological polar surface area (TPSA) is 68.4 Å². The van der Waals surface area contributed by atoms with E-state index < -0.39 is 0 Å². The van der Waals surface area contributed by atoms with E-state index in [9.17, 15) is 9.59 Å². The highest BCUT2D eigenvalue weighted by molar-refractivity contribution is 7.22. The molecule has 1 N–H and O–H groups in total. The Hall–Kier alpha value is -1.86. The van der Waals surface area contributed by atoms with Crippen molar-refractivity contribution < 1.29 is 4.79 Å². The zero-order chi connectivity index (χ0) is 18.5. The van der Waals surface area contributed by atoms with Crippen molar-refractivity contribution in [1.29, 1.82) is 0 Å². The minimum absolute atomic E-state index is 0.0227. The highest BCUT2D eigenvalue weighted by Gasteiger charge is 2.30. The number of carbonyl (C=O) groups excluding carboxylic acids is 1. The molecule has 6 nitrogen and oxygen atoms in total. The molecule has 5 rings (SSSR count). The normalized spacial score (nSPS) is 18.4. The Morgan fingerprint density at radius 3 is 2.70 bits per heavy atom. The molecule has 142 valence electrons. The average molecular weight is 405 g/mol. The summed E-state index contributed by atoms with van der Waals surface area (Å²) >= 11 is 7.61. The molecule has 3 heterocycles. The molecular formula is C19H21ClN4O2S. The Bertz CT molecular complexity index is 1090. The second kappa shape index (κ2) is 6.63. The average Bonchev–Trinajstić information content (AvgIpc) is 3.34. The monoisotopic (exact) mass is 404 g/mol. The van der Waals surface area contributed by atoms with Gasteiger partial charge >= 0.3 is 0 Å². The van der Waals surface area contributed by atoms with Crippen LogP contribution in [0.25, 0.3) is 15.7 Å². The molecule has 0 atom stereocenters. The van der Waals surface area contributed by atoms with Crippen LogP contribution in [-0.2, 0) is 11.3 Å². The van der Waals surface area contributed by atoms with Crippen LogP contribution in [0, 0.1) is 0 Å². The fraction of sp³-hybridized carbons (Fsp3) is 0.526. The number of carbonyl (C=O) groups is 1. The summed E-state index contributed by atoms with van der Waals surface area (Å²) in [6.45, 7) is -0.0227. The summed E-state index contributed by atoms with van der Waals surface area (Å²) in [7, 11) is 0. The van der Waals surface area contributed by atoms with Crippen LogP contribution in [0.15, 0.2) is 16.9 Å². The van der Waals surface area contributed by atoms with E-state index in [1.54, 1.807) is 0 Å². The lowest BCUT2D eigenvalue weighted by Crippen LogP contribution is -2.41. The van der Waals surface area contributed by atoms with Gasteiger partial charge in [-0.25, -0.2) is 4.68 Å². The van der Waals surface area contributed by atoms with Crippen LogP contribution in [0.3, 0.4) is 0 Å². The van der Waals surface area contributed by atoms with Crippen LogP contribution < -0.4 is 10.9 Å². The molecule has 0 bridgehead atoms. The molecule has 0 unspecified atom stereocenters. The number of thiophene rings is 1. The van der Waals surface area contributed by atoms with E-state index in [0.717, 1.165) is 54.6 Å². The van der Waals surface area contributed by atoms with Crippen LogP contribution in [0.5, 0.6) is 0 Å². The van der Waals surface area contributed by atoms with Crippen molar-refractivity contribution in [3.8, 4) is 0 Å². The summed E-state index contributed by atoms with van der Waals surface area (Å²) in [5.74, 6) is 1.08. The summed E-state index contributed by atoms with van der Waals surface area (Å²) < 4.78 is 4.96. The Balaban J connectivity index is 1.51. The Kier molecular flexibility index (Phi) is 4.24. The van der Waals surface area contributed by atoms with Gasteiger partial charge in [0.2, 0.25) is 5.91 Å². The van der Waals surface area contributed by atoms with Gasteiger partial charge in [0.25, 0.3) is 5.56 Å². The molecule has 0 spiro atoms. The number of rotatable bonds is 4. The first-order valence-corrected chi connectivity index (χ1v) is 10.8. The van der Waals surface area contributed by atoms with Crippen LogP contribution in [0.1, 0.15) is 56.7 Å². The maximum Gasteiger partial charge on any atom is 0.291 e. The smallest absolute Gasteiger partial charge is 0.291 e. The van der Waals surface area contributed by atoms with Gasteiger partial charge in [0.15, 0.2) is 0 Å². The molecule has 2 saturated carbocycles. The quantitative estimate of drug-likeness (QED) is 0.721. The minimum atomic E-state index is -0.224. The molecule has 2 aliphatic carbocycles. The number of aromatic nitrogens is 3. The molecular weight excluding hydrogens is 384 g/mol. The first-order valence-electron chi connectivity index (χ1n) is 9.61. The molecule has 2 fully saturated rings. The van der Waals surface area contributed by atoms with Crippen LogP contribution in [0.4, 0.5) is 0 Å². The molecule has 0 saturated heterocycles. The molecule has 0 aromatic carbocycles. The fourth-order valence-corrected chi connectivity index (χ4v) is 5.24. The summed E-state index contributed by atoms with van der Waals surface area (Å²) in [5, 5.41) is 7.67. The van der Waals surface area contributed by atoms with Crippen molar-refractivity contribution in [3.05, 3.63) is 32.6 Å². The highest BCUT2D eigenvalue weighted by Crippen LogP contribution is 2.41. The number of hydrogen-bond acceptors (Lipinski definition) is 4. The molecule has 0 aliphatic heterocycles. The van der Waals surface area contributed by atoms with Crippen molar-refractivity contribution in [3.63, 3.8) is 0 Å². The van der Waals surface area contributed by atoms with Gasteiger partial charge in [-0.15, -0.1) is 11.3 Å². The van der Waals surface area contributed by atoms with Gasteiger partial charge in [-0.2, -0.15) is 5.10 Å². The van der Waals surface area contributed by atoms with Gasteiger partial charge < -0.3 is 5.32 Å². The number of amides is 1. The lowest BCUT2D eigenvalue weighted by molar-refractivity contribution is -0.122. The third-order valence-corrected chi connectivity index (χ3v) is 6.77. The second-order valence-corrected chi connectivity index (χ2v) is 9.38. The molecule has 8 heteroatoms. The number of hydrogen-bond donors (Lipinski definition) is 1. The number of fused-ring (bicyclic) bond motifs is 3. The van der Waals surface area contributed by atoms with Crippen molar-refractivity contribution in [1.82, 2.24) is 19.5 Å². The number of nitrogens with zero attached hydrogens (tertiary/aromatic N) is 3. The fourth-order valence-electron chi connectivity index (χ4n) is 4.08. The molecule has 2 aliphatic rings. The van der Waals surface area contributed by atoms with Gasteiger partial charge in [0.05, 0.1) is 14.6 Å². The zero-order valence-corrected chi connectivity index (χ0v) is 16.5. The Morgan fingerprint density at radius 1 is 1.19 bits per heavy atom. The molecule has 0 radical (unpaired) electrons. The van der Waals surface area contributed by atoms with E-state index in [4.69, 9.17) is 11.6 Å². The van der Waals surface area contributed by atoms with E-state index in [2.05, 4.69) is 10.4 Å². The zero-order valence-electron chi connectivity index (χ0n) is 14.9. The predicted molar refractivity (Wildman–Crippen MR) is 107 cm³/mol. The Morgan fingerprint density at radius 2 is 1.96 bits per heavy atom. The summed E-state index contributed by atoms with van der Waals surface area (Å²) in [4.78, 5) is 25.5. The first kappa shape index (κ1) is 17.3. The van der Waals surface area contributed by atoms with Crippen molar-refractivity contribution in [2.24, 2.45) is 0 Å². The SMILES string of the molecule is O=C(Cn1nc(C2CC2)n2c(cc3sc(Cl)cc32)c1=O)NC1CCCCC1. The third-order valence-electron chi connectivity index (χ3n) is 5.57. The summed E-state index contributed by atoms with van der Waals surface area (Å²) in [6, 6.07) is 3.99. The van der Waals surface area contributed by atoms with E-state index >= 15 is 0 Å². The summed E-state index contributed by atoms with van der Waals surface area (Å²) in [5.41, 5.74) is 1.29. The maximum absolute atomic E-state index is 13.0. The maximum atomic E-state index is 13.0. The number of nitrogens with one attached hydrogen (secondary N) is 1. The van der Waals surface area contributed by atoms with Crippen molar-refractivity contribution in [2.45, 2.75) is 63.5 Å². The van der Waals surface area contributed by atoms with E-state index in [-0.39, 0.29) is 24.1 Å². The van der Waals surface area contributed by atoms with Crippen LogP contribution in [0.2, 0.25) is 4.34 Å². The molecule has 3 aromatic heterocycles. The largest absolute Gasteiger partial charge is 0.352 e. The lowest BCUT2D eigenvalue weighted by atomic mass is 9.95. The van der Waals surface area contributed by atoms with Gasteiger partial charge in [-0.05, 0) is 37.8 Å². The standard InChI is InChI=1S/C19H21ClN4O2S/c20-16-9-13-15(27-16)8-14-19(26)23(22-18(24(13)14)11-6-7-11)10-17(25)21-12-4-2-1-3-5-12/h8-9,11-12H,1-7,10H2,(H,21,25). The minimum Gasteiger partial charge on any atom is -0.352 e. The lowest BCUT2D eigenvalue weighted by Gasteiger charge is -2.22. The van der Waals surface area contributed by atoms with E-state index in [0.29, 0.717) is 15.8 Å². The summed E-state index contributed by atoms with van der Waals surface area (Å²) in [6.07, 6.45) is 7.73. The van der Waals surface area contributed by atoms with E-state index in [1.165, 1.54) is 22.4 Å². The Labute approximate surface area is 165 Å². The predicted octanol–water partition coefficient (Wildman–Crippen LogP) is 3.69. The van der Waals surface area contributed by atoms with E-state index in [1.807, 2.05) is 16.5 Å². The van der Waals surface area contributed by atoms with Gasteiger partial charge in [0.1, 0.15) is 17.9 Å². The molecule has 1 amide bonds. The molecule has 3 aromatic rings. The first-order chi connectivity index (χ1) is 13.1. The van der Waals surface area contributed by atoms with Gasteiger partial charge in [0, 0.05) is 12.0 Å². The molecule has 27 heavy (non-hydrogen) atoms. The van der Waals surface area contributed by atoms with Crippen LogP contribution >= 0.6 is 22.9 Å². The second-order valence-electron chi connectivity index (χ2n) is 7.66. The highest BCUT2D eigenvalue weighted by atomic mass is 35.5.